The van der Waals surface area contributed by atoms with E-state index in [-0.39, 0.29) is 5.91 Å². The maximum Gasteiger partial charge on any atom is 0.269 e. The Labute approximate surface area is 123 Å². The van der Waals surface area contributed by atoms with Crippen molar-refractivity contribution in [3.8, 4) is 0 Å². The number of aromatic nitrogens is 2. The van der Waals surface area contributed by atoms with Gasteiger partial charge < -0.3 is 5.32 Å². The van der Waals surface area contributed by atoms with Crippen LogP contribution in [-0.2, 0) is 13.0 Å². The Bertz CT molecular complexity index is 444. The fourth-order valence-electron chi connectivity index (χ4n) is 2.60. The van der Waals surface area contributed by atoms with E-state index in [2.05, 4.69) is 33.3 Å². The van der Waals surface area contributed by atoms with Gasteiger partial charge in [-0.05, 0) is 38.2 Å². The fraction of sp³-hybridized carbons (Fsp3) is 0.714. The van der Waals surface area contributed by atoms with E-state index in [4.69, 9.17) is 0 Å². The van der Waals surface area contributed by atoms with E-state index >= 15 is 0 Å². The molecular weight excluding hydrogens is 306 g/mol. The second-order valence-electron chi connectivity index (χ2n) is 5.11. The Kier molecular flexibility index (Phi) is 5.02. The first-order valence-corrected chi connectivity index (χ1v) is 8.06. The molecule has 0 radical (unpaired) electrons. The van der Waals surface area contributed by atoms with E-state index in [1.54, 1.807) is 4.68 Å². The van der Waals surface area contributed by atoms with Gasteiger partial charge in [0, 0.05) is 17.9 Å². The van der Waals surface area contributed by atoms with Crippen LogP contribution in [0, 0.1) is 5.92 Å². The Morgan fingerprint density at radius 2 is 2.32 bits per heavy atom. The van der Waals surface area contributed by atoms with E-state index in [1.807, 2.05) is 13.0 Å². The topological polar surface area (TPSA) is 46.9 Å². The van der Waals surface area contributed by atoms with Crippen molar-refractivity contribution in [2.45, 2.75) is 50.9 Å². The summed E-state index contributed by atoms with van der Waals surface area (Å²) in [7, 11) is 0. The molecule has 0 aromatic carbocycles. The average Bonchev–Trinajstić information content (AvgIpc) is 3.01. The van der Waals surface area contributed by atoms with Gasteiger partial charge >= 0.3 is 0 Å². The zero-order chi connectivity index (χ0) is 13.8. The lowest BCUT2D eigenvalue weighted by Crippen LogP contribution is -2.32. The van der Waals surface area contributed by atoms with Crippen molar-refractivity contribution in [3.63, 3.8) is 0 Å². The van der Waals surface area contributed by atoms with Crippen molar-refractivity contribution in [1.82, 2.24) is 15.1 Å². The fourth-order valence-corrected chi connectivity index (χ4v) is 3.38. The monoisotopic (exact) mass is 327 g/mol. The van der Waals surface area contributed by atoms with Crippen LogP contribution in [0.15, 0.2) is 6.07 Å². The lowest BCUT2D eigenvalue weighted by atomic mass is 10.1. The van der Waals surface area contributed by atoms with Crippen LogP contribution in [-0.4, -0.2) is 27.1 Å². The molecule has 0 spiro atoms. The molecule has 1 aliphatic rings. The number of aryl methyl sites for hydroxylation is 2. The first-order valence-electron chi connectivity index (χ1n) is 7.14. The van der Waals surface area contributed by atoms with Gasteiger partial charge in [0.2, 0.25) is 0 Å². The van der Waals surface area contributed by atoms with Crippen molar-refractivity contribution >= 4 is 21.8 Å². The maximum atomic E-state index is 12.2. The molecular formula is C14H22BrN3O. The Hall–Kier alpha value is -0.840. The molecule has 1 amide bonds. The molecule has 1 N–H and O–H groups in total. The van der Waals surface area contributed by atoms with Gasteiger partial charge in [0.25, 0.3) is 5.91 Å². The van der Waals surface area contributed by atoms with Crippen LogP contribution in [0.1, 0.15) is 49.3 Å². The molecule has 0 aliphatic heterocycles. The molecule has 1 saturated carbocycles. The van der Waals surface area contributed by atoms with Gasteiger partial charge in [0.05, 0.1) is 5.69 Å². The van der Waals surface area contributed by atoms with Crippen LogP contribution in [0.2, 0.25) is 0 Å². The van der Waals surface area contributed by atoms with Gasteiger partial charge in [0.1, 0.15) is 5.69 Å². The summed E-state index contributed by atoms with van der Waals surface area (Å²) in [6.45, 7) is 5.55. The summed E-state index contributed by atoms with van der Waals surface area (Å²) in [4.78, 5) is 12.8. The van der Waals surface area contributed by atoms with Crippen molar-refractivity contribution in [2.75, 3.05) is 6.54 Å². The largest absolute Gasteiger partial charge is 0.350 e. The first-order chi connectivity index (χ1) is 9.15. The zero-order valence-electron chi connectivity index (χ0n) is 11.7. The molecule has 1 fully saturated rings. The van der Waals surface area contributed by atoms with Gasteiger partial charge in [-0.15, -0.1) is 0 Å². The predicted molar refractivity (Wildman–Crippen MR) is 79.7 cm³/mol. The highest BCUT2D eigenvalue weighted by Gasteiger charge is 2.25. The second kappa shape index (κ2) is 6.55. The number of nitrogens with zero attached hydrogens (tertiary/aromatic N) is 2. The van der Waals surface area contributed by atoms with Crippen LogP contribution in [0.4, 0.5) is 0 Å². The molecule has 1 heterocycles. The van der Waals surface area contributed by atoms with Gasteiger partial charge in [0.15, 0.2) is 0 Å². The summed E-state index contributed by atoms with van der Waals surface area (Å²) in [6.07, 6.45) is 4.53. The lowest BCUT2D eigenvalue weighted by Gasteiger charge is -2.14. The SMILES string of the molecule is CCc1cc(C(=O)NCC2CCCC2Br)n(CC)n1. The Morgan fingerprint density at radius 3 is 2.89 bits per heavy atom. The summed E-state index contributed by atoms with van der Waals surface area (Å²) >= 11 is 3.69. The summed E-state index contributed by atoms with van der Waals surface area (Å²) in [5, 5.41) is 7.46. The summed E-state index contributed by atoms with van der Waals surface area (Å²) in [5.41, 5.74) is 1.66. The summed E-state index contributed by atoms with van der Waals surface area (Å²) in [5.74, 6) is 0.563. The minimum Gasteiger partial charge on any atom is -0.350 e. The van der Waals surface area contributed by atoms with Crippen LogP contribution >= 0.6 is 15.9 Å². The molecule has 1 aromatic heterocycles. The molecule has 2 unspecified atom stereocenters. The third-order valence-corrected chi connectivity index (χ3v) is 5.02. The molecule has 0 bridgehead atoms. The average molecular weight is 328 g/mol. The second-order valence-corrected chi connectivity index (χ2v) is 6.28. The Balaban J connectivity index is 1.97. The molecule has 19 heavy (non-hydrogen) atoms. The normalized spacial score (nSPS) is 22.7. The number of rotatable bonds is 5. The van der Waals surface area contributed by atoms with Crippen LogP contribution in [0.5, 0.6) is 0 Å². The van der Waals surface area contributed by atoms with Crippen LogP contribution in [0.3, 0.4) is 0 Å². The van der Waals surface area contributed by atoms with E-state index < -0.39 is 0 Å². The molecule has 106 valence electrons. The number of nitrogens with one attached hydrogen (secondary N) is 1. The molecule has 2 rings (SSSR count). The molecule has 0 saturated heterocycles. The predicted octanol–water partition coefficient (Wildman–Crippen LogP) is 2.76. The lowest BCUT2D eigenvalue weighted by molar-refractivity contribution is 0.0937. The number of amides is 1. The molecule has 2 atom stereocenters. The summed E-state index contributed by atoms with van der Waals surface area (Å²) < 4.78 is 1.79. The highest BCUT2D eigenvalue weighted by Crippen LogP contribution is 2.30. The molecule has 1 aliphatic carbocycles. The zero-order valence-corrected chi connectivity index (χ0v) is 13.2. The number of halogens is 1. The van der Waals surface area contributed by atoms with Gasteiger partial charge in [-0.3, -0.25) is 9.48 Å². The Morgan fingerprint density at radius 1 is 1.53 bits per heavy atom. The van der Waals surface area contributed by atoms with Crippen molar-refractivity contribution < 1.29 is 4.79 Å². The standard InChI is InChI=1S/C14H22BrN3O/c1-3-11-8-13(18(4-2)17-11)14(19)16-9-10-6-5-7-12(10)15/h8,10,12H,3-7,9H2,1-2H3,(H,16,19). The van der Waals surface area contributed by atoms with E-state index in [0.29, 0.717) is 16.4 Å². The van der Waals surface area contributed by atoms with Gasteiger partial charge in [-0.1, -0.05) is 29.3 Å². The smallest absolute Gasteiger partial charge is 0.269 e. The minimum absolute atomic E-state index is 0.000602. The van der Waals surface area contributed by atoms with Crippen molar-refractivity contribution in [3.05, 3.63) is 17.5 Å². The van der Waals surface area contributed by atoms with Crippen LogP contribution < -0.4 is 5.32 Å². The van der Waals surface area contributed by atoms with Crippen LogP contribution in [0.25, 0.3) is 0 Å². The number of hydrogen-bond donors (Lipinski definition) is 1. The number of carbonyl (C=O) groups excluding carboxylic acids is 1. The number of alkyl halides is 1. The quantitative estimate of drug-likeness (QED) is 0.845. The highest BCUT2D eigenvalue weighted by atomic mass is 79.9. The number of hydrogen-bond acceptors (Lipinski definition) is 2. The minimum atomic E-state index is 0.000602. The number of carbonyl (C=O) groups is 1. The third kappa shape index (κ3) is 3.38. The van der Waals surface area contributed by atoms with E-state index in [0.717, 1.165) is 25.2 Å². The van der Waals surface area contributed by atoms with E-state index in [1.165, 1.54) is 19.3 Å². The van der Waals surface area contributed by atoms with E-state index in [9.17, 15) is 4.79 Å². The first kappa shape index (κ1) is 14.6. The highest BCUT2D eigenvalue weighted by molar-refractivity contribution is 9.09. The molecule has 4 nitrogen and oxygen atoms in total. The van der Waals surface area contributed by atoms with Gasteiger partial charge in [-0.2, -0.15) is 5.10 Å². The van der Waals surface area contributed by atoms with Crippen molar-refractivity contribution in [1.29, 1.82) is 0 Å². The maximum absolute atomic E-state index is 12.2. The van der Waals surface area contributed by atoms with Gasteiger partial charge in [-0.25, -0.2) is 0 Å². The molecule has 5 heteroatoms. The third-order valence-electron chi connectivity index (χ3n) is 3.82. The van der Waals surface area contributed by atoms with Crippen molar-refractivity contribution in [2.24, 2.45) is 5.92 Å². The molecule has 1 aromatic rings. The summed E-state index contributed by atoms with van der Waals surface area (Å²) in [6, 6.07) is 1.90.